The van der Waals surface area contributed by atoms with Crippen LogP contribution in [0.4, 0.5) is 10.1 Å². The molecule has 12 heteroatoms. The molecule has 0 bridgehead atoms. The van der Waals surface area contributed by atoms with Gasteiger partial charge in [-0.25, -0.2) is 12.8 Å². The first kappa shape index (κ1) is 34.9. The number of hydrogen-bond acceptors (Lipinski definition) is 6. The van der Waals surface area contributed by atoms with Gasteiger partial charge in [0.2, 0.25) is 11.8 Å². The van der Waals surface area contributed by atoms with Gasteiger partial charge in [0.25, 0.3) is 10.0 Å². The van der Waals surface area contributed by atoms with E-state index in [1.54, 1.807) is 0 Å². The maximum absolute atomic E-state index is 14.6. The zero-order chi connectivity index (χ0) is 34.3. The third kappa shape index (κ3) is 8.53. The van der Waals surface area contributed by atoms with E-state index in [9.17, 15) is 22.4 Å². The number of sulfonamides is 1. The van der Waals surface area contributed by atoms with Gasteiger partial charge in [-0.2, -0.15) is 0 Å². The first-order valence-corrected chi connectivity index (χ1v) is 17.8. The summed E-state index contributed by atoms with van der Waals surface area (Å²) in [5, 5.41) is 3.02. The summed E-state index contributed by atoms with van der Waals surface area (Å²) >= 11 is 3.49. The van der Waals surface area contributed by atoms with Gasteiger partial charge in [0, 0.05) is 29.5 Å². The number of carbonyl (C=O) groups excluding carboxylic acids is 2. The number of ether oxygens (including phenoxy) is 2. The Labute approximate surface area is 288 Å². The van der Waals surface area contributed by atoms with Crippen molar-refractivity contribution in [3.63, 3.8) is 0 Å². The topological polar surface area (TPSA) is 105 Å². The molecule has 5 rings (SSSR count). The minimum atomic E-state index is -4.42. The fourth-order valence-electron chi connectivity index (χ4n) is 5.27. The van der Waals surface area contributed by atoms with Crippen molar-refractivity contribution in [3.05, 3.63) is 118 Å². The van der Waals surface area contributed by atoms with Gasteiger partial charge in [0.15, 0.2) is 11.5 Å². The molecule has 2 atom stereocenters. The molecule has 1 aliphatic rings. The largest absolute Gasteiger partial charge is 0.486 e. The van der Waals surface area contributed by atoms with Gasteiger partial charge in [-0.1, -0.05) is 65.3 Å². The molecule has 0 radical (unpaired) electrons. The quantitative estimate of drug-likeness (QED) is 0.178. The van der Waals surface area contributed by atoms with Crippen molar-refractivity contribution < 1.29 is 31.9 Å². The molecule has 1 aliphatic heterocycles. The monoisotopic (exact) mass is 737 g/mol. The van der Waals surface area contributed by atoms with Crippen LogP contribution in [0.2, 0.25) is 0 Å². The van der Waals surface area contributed by atoms with Crippen molar-refractivity contribution in [3.8, 4) is 11.5 Å². The Bertz CT molecular complexity index is 1840. The molecule has 0 saturated carbocycles. The highest BCUT2D eigenvalue weighted by Gasteiger charge is 2.35. The smallest absolute Gasteiger partial charge is 0.264 e. The van der Waals surface area contributed by atoms with Gasteiger partial charge in [-0.3, -0.25) is 13.9 Å². The first-order chi connectivity index (χ1) is 23.0. The number of anilines is 1. The molecule has 1 heterocycles. The number of carbonyl (C=O) groups is 2. The van der Waals surface area contributed by atoms with Gasteiger partial charge in [0.1, 0.15) is 31.6 Å². The molecule has 0 spiro atoms. The number of amides is 2. The third-order valence-corrected chi connectivity index (χ3v) is 10.3. The molecule has 2 amide bonds. The van der Waals surface area contributed by atoms with E-state index in [4.69, 9.17) is 9.47 Å². The van der Waals surface area contributed by atoms with E-state index in [2.05, 4.69) is 21.2 Å². The Hall–Kier alpha value is -4.42. The van der Waals surface area contributed by atoms with Crippen molar-refractivity contribution in [1.29, 1.82) is 0 Å². The van der Waals surface area contributed by atoms with Crippen LogP contribution in [0, 0.1) is 5.82 Å². The molecule has 0 unspecified atom stereocenters. The average molecular weight is 739 g/mol. The lowest BCUT2D eigenvalue weighted by Gasteiger charge is -2.34. The predicted molar refractivity (Wildman–Crippen MR) is 185 cm³/mol. The van der Waals surface area contributed by atoms with Crippen molar-refractivity contribution in [2.45, 2.75) is 50.2 Å². The van der Waals surface area contributed by atoms with Crippen molar-refractivity contribution in [2.24, 2.45) is 0 Å². The number of fused-ring (bicyclic) bond motifs is 1. The maximum Gasteiger partial charge on any atom is 0.264 e. The van der Waals surface area contributed by atoms with Crippen molar-refractivity contribution in [2.75, 3.05) is 24.1 Å². The Morgan fingerprint density at radius 2 is 1.58 bits per heavy atom. The third-order valence-electron chi connectivity index (χ3n) is 8.01. The number of halogens is 2. The van der Waals surface area contributed by atoms with Crippen LogP contribution in [-0.2, 0) is 32.6 Å². The molecule has 4 aromatic carbocycles. The molecule has 0 aliphatic carbocycles. The number of nitrogens with one attached hydrogen (secondary N) is 1. The van der Waals surface area contributed by atoms with E-state index in [0.29, 0.717) is 18.8 Å². The van der Waals surface area contributed by atoms with E-state index >= 15 is 0 Å². The molecule has 0 aromatic heterocycles. The molecule has 1 N–H and O–H groups in total. The number of nitrogens with zero attached hydrogens (tertiary/aromatic N) is 2. The summed E-state index contributed by atoms with van der Waals surface area (Å²) < 4.78 is 55.6. The van der Waals surface area contributed by atoms with Gasteiger partial charge in [-0.05, 0) is 73.0 Å². The van der Waals surface area contributed by atoms with Gasteiger partial charge in [-0.15, -0.1) is 0 Å². The van der Waals surface area contributed by atoms with Crippen LogP contribution in [0.1, 0.15) is 31.4 Å². The van der Waals surface area contributed by atoms with Gasteiger partial charge < -0.3 is 19.7 Å². The second-order valence-electron chi connectivity index (χ2n) is 11.5. The molecular weight excluding hydrogens is 701 g/mol. The number of benzene rings is 4. The highest BCUT2D eigenvalue weighted by atomic mass is 79.9. The normalized spacial score (nSPS) is 13.7. The Balaban J connectivity index is 1.58. The van der Waals surface area contributed by atoms with Crippen LogP contribution in [0.3, 0.4) is 0 Å². The van der Waals surface area contributed by atoms with Gasteiger partial charge >= 0.3 is 0 Å². The summed E-state index contributed by atoms with van der Waals surface area (Å²) in [5.74, 6) is -0.891. The van der Waals surface area contributed by atoms with Crippen LogP contribution in [0.5, 0.6) is 11.5 Å². The maximum atomic E-state index is 14.6. The molecule has 4 aromatic rings. The molecule has 252 valence electrons. The first-order valence-electron chi connectivity index (χ1n) is 15.6. The van der Waals surface area contributed by atoms with Crippen LogP contribution in [-0.4, -0.2) is 57.0 Å². The van der Waals surface area contributed by atoms with E-state index in [1.165, 1.54) is 35.2 Å². The fraction of sp³-hybridized carbons (Fsp3) is 0.278. The van der Waals surface area contributed by atoms with E-state index < -0.39 is 34.3 Å². The minimum Gasteiger partial charge on any atom is -0.486 e. The molecule has 48 heavy (non-hydrogen) atoms. The highest BCUT2D eigenvalue weighted by molar-refractivity contribution is 9.10. The number of hydrogen-bond donors (Lipinski definition) is 1. The second-order valence-corrected chi connectivity index (χ2v) is 14.2. The Kier molecular flexibility index (Phi) is 11.4. The molecule has 0 saturated heterocycles. The second kappa shape index (κ2) is 15.7. The van der Waals surface area contributed by atoms with Crippen molar-refractivity contribution in [1.82, 2.24) is 10.2 Å². The molecule has 9 nitrogen and oxygen atoms in total. The molecular formula is C36H37BrFN3O6S. The Morgan fingerprint density at radius 1 is 0.896 bits per heavy atom. The summed E-state index contributed by atoms with van der Waals surface area (Å²) in [4.78, 5) is 29.8. The zero-order valence-corrected chi connectivity index (χ0v) is 29.0. The van der Waals surface area contributed by atoms with E-state index in [1.807, 2.05) is 68.4 Å². The molecule has 0 fully saturated rings. The fourth-order valence-corrected chi connectivity index (χ4v) is 7.15. The standard InChI is InChI=1S/C36H37BrFN3O6S/c1-3-25(2)39-36(43)32(21-26-8-5-4-6-9-26)40(23-27-10-7-11-28(37)20-27)35(42)24-41(30-14-12-29(38)13-15-30)48(44,45)31-16-17-33-34(22-31)47-19-18-46-33/h4-17,20,22,25,32H,3,18-19,21,23-24H2,1-2H3,(H,39,43)/t25-,32+/m0/s1. The summed E-state index contributed by atoms with van der Waals surface area (Å²) in [6.45, 7) is 3.77. The highest BCUT2D eigenvalue weighted by Crippen LogP contribution is 2.34. The zero-order valence-electron chi connectivity index (χ0n) is 26.6. The number of rotatable bonds is 13. The average Bonchev–Trinajstić information content (AvgIpc) is 3.09. The van der Waals surface area contributed by atoms with Crippen LogP contribution in [0.25, 0.3) is 0 Å². The Morgan fingerprint density at radius 3 is 2.27 bits per heavy atom. The van der Waals surface area contributed by atoms with Gasteiger partial charge in [0.05, 0.1) is 10.6 Å². The summed E-state index contributed by atoms with van der Waals surface area (Å²) in [6.07, 6.45) is 0.865. The SMILES string of the molecule is CC[C@H](C)NC(=O)[C@@H](Cc1ccccc1)N(Cc1cccc(Br)c1)C(=O)CN(c1ccc(F)cc1)S(=O)(=O)c1ccc2c(c1)OCCO2. The minimum absolute atomic E-state index is 0.0189. The summed E-state index contributed by atoms with van der Waals surface area (Å²) in [7, 11) is -4.42. The van der Waals surface area contributed by atoms with Crippen LogP contribution in [0.15, 0.2) is 106 Å². The van der Waals surface area contributed by atoms with E-state index in [0.717, 1.165) is 32.0 Å². The summed E-state index contributed by atoms with van der Waals surface area (Å²) in [6, 6.07) is 24.6. The lowest BCUT2D eigenvalue weighted by atomic mass is 10.0. The lowest BCUT2D eigenvalue weighted by molar-refractivity contribution is -0.140. The van der Waals surface area contributed by atoms with Crippen LogP contribution >= 0.6 is 15.9 Å². The van der Waals surface area contributed by atoms with Crippen LogP contribution < -0.4 is 19.1 Å². The van der Waals surface area contributed by atoms with E-state index in [-0.39, 0.29) is 47.9 Å². The predicted octanol–water partition coefficient (Wildman–Crippen LogP) is 6.11. The van der Waals surface area contributed by atoms with Crippen molar-refractivity contribution >= 4 is 43.5 Å². The lowest BCUT2D eigenvalue weighted by Crippen LogP contribution is -2.54. The summed E-state index contributed by atoms with van der Waals surface area (Å²) in [5.41, 5.74) is 1.63.